The molecule has 112 valence electrons. The van der Waals surface area contributed by atoms with Crippen molar-refractivity contribution in [1.82, 2.24) is 9.88 Å². The van der Waals surface area contributed by atoms with Crippen molar-refractivity contribution in [1.29, 1.82) is 0 Å². The number of carbonyl (C=O) groups is 1. The highest BCUT2D eigenvalue weighted by molar-refractivity contribution is 7.18. The molecule has 1 aromatic carbocycles. The number of nitrogens with zero attached hydrogens (tertiary/aromatic N) is 2. The fraction of sp³-hybridized carbons (Fsp3) is 0.176. The molecule has 3 rings (SSSR count). The summed E-state index contributed by atoms with van der Waals surface area (Å²) in [7, 11) is 1.82. The van der Waals surface area contributed by atoms with E-state index in [0.29, 0.717) is 0 Å². The highest BCUT2D eigenvalue weighted by atomic mass is 32.1. The maximum absolute atomic E-state index is 12.3. The van der Waals surface area contributed by atoms with Crippen LogP contribution in [0.5, 0.6) is 0 Å². The van der Waals surface area contributed by atoms with Crippen LogP contribution in [-0.4, -0.2) is 22.8 Å². The van der Waals surface area contributed by atoms with Gasteiger partial charge < -0.3 is 4.90 Å². The first-order chi connectivity index (χ1) is 10.6. The summed E-state index contributed by atoms with van der Waals surface area (Å²) >= 11 is 3.26. The molecule has 3 nitrogen and oxygen atoms in total. The Morgan fingerprint density at radius 1 is 1.27 bits per heavy atom. The Kier molecular flexibility index (Phi) is 4.36. The van der Waals surface area contributed by atoms with Crippen molar-refractivity contribution in [2.75, 3.05) is 7.05 Å². The van der Waals surface area contributed by atoms with Gasteiger partial charge in [-0.3, -0.25) is 4.79 Å². The predicted octanol–water partition coefficient (Wildman–Crippen LogP) is 4.59. The zero-order valence-electron chi connectivity index (χ0n) is 12.4. The van der Waals surface area contributed by atoms with Crippen LogP contribution in [0, 0.1) is 0 Å². The van der Waals surface area contributed by atoms with Crippen molar-refractivity contribution in [2.24, 2.45) is 0 Å². The molecule has 0 saturated carbocycles. The average molecular weight is 328 g/mol. The van der Waals surface area contributed by atoms with Gasteiger partial charge >= 0.3 is 0 Å². The molecule has 0 spiro atoms. The first-order valence-corrected chi connectivity index (χ1v) is 8.68. The third-order valence-electron chi connectivity index (χ3n) is 3.53. The van der Waals surface area contributed by atoms with Gasteiger partial charge in [-0.15, -0.1) is 22.7 Å². The fourth-order valence-corrected chi connectivity index (χ4v) is 3.76. The molecule has 0 bridgehead atoms. The molecule has 2 heterocycles. The van der Waals surface area contributed by atoms with Crippen molar-refractivity contribution in [2.45, 2.75) is 13.0 Å². The Bertz CT molecular complexity index is 772. The zero-order chi connectivity index (χ0) is 15.5. The molecule has 3 aromatic rings. The zero-order valence-corrected chi connectivity index (χ0v) is 14.0. The van der Waals surface area contributed by atoms with E-state index in [0.717, 1.165) is 20.1 Å². The number of para-hydroxylation sites is 1. The van der Waals surface area contributed by atoms with Gasteiger partial charge in [-0.05, 0) is 36.6 Å². The van der Waals surface area contributed by atoms with Gasteiger partial charge in [0.05, 0.1) is 16.3 Å². The Labute approximate surface area is 137 Å². The van der Waals surface area contributed by atoms with Gasteiger partial charge in [-0.25, -0.2) is 4.98 Å². The van der Waals surface area contributed by atoms with E-state index in [1.807, 2.05) is 55.8 Å². The molecule has 22 heavy (non-hydrogen) atoms. The monoisotopic (exact) mass is 328 g/mol. The Morgan fingerprint density at radius 2 is 2.09 bits per heavy atom. The van der Waals surface area contributed by atoms with Crippen molar-refractivity contribution in [3.05, 3.63) is 57.7 Å². The number of likely N-dealkylation sites (N-methyl/N-ethyl adjacent to an activating group) is 1. The van der Waals surface area contributed by atoms with Gasteiger partial charge in [0.1, 0.15) is 5.01 Å². The predicted molar refractivity (Wildman–Crippen MR) is 94.2 cm³/mol. The standard InChI is InChI=1S/C17H16N2OS2/c1-12(17-18-14-7-3-4-8-15(14)22-17)19(2)16(20)10-9-13-6-5-11-21-13/h3-12H,1-2H3. The quantitative estimate of drug-likeness (QED) is 0.656. The molecular weight excluding hydrogens is 312 g/mol. The maximum atomic E-state index is 12.3. The smallest absolute Gasteiger partial charge is 0.246 e. The Morgan fingerprint density at radius 3 is 2.82 bits per heavy atom. The lowest BCUT2D eigenvalue weighted by Crippen LogP contribution is -2.27. The summed E-state index contributed by atoms with van der Waals surface area (Å²) < 4.78 is 1.15. The van der Waals surface area contributed by atoms with Crippen LogP contribution in [-0.2, 0) is 4.79 Å². The molecule has 0 radical (unpaired) electrons. The number of carbonyl (C=O) groups excluding carboxylic acids is 1. The van der Waals surface area contributed by atoms with Gasteiger partial charge in [-0.1, -0.05) is 18.2 Å². The van der Waals surface area contributed by atoms with Gasteiger partial charge in [0.15, 0.2) is 0 Å². The van der Waals surface area contributed by atoms with E-state index in [-0.39, 0.29) is 11.9 Å². The second-order valence-corrected chi connectivity index (χ2v) is 7.04. The second-order valence-electron chi connectivity index (χ2n) is 4.99. The van der Waals surface area contributed by atoms with Crippen LogP contribution in [0.1, 0.15) is 22.9 Å². The van der Waals surface area contributed by atoms with Gasteiger partial charge in [-0.2, -0.15) is 0 Å². The number of thiophene rings is 1. The molecule has 2 aromatic heterocycles. The Hall–Kier alpha value is -1.98. The first-order valence-electron chi connectivity index (χ1n) is 6.99. The number of benzene rings is 1. The van der Waals surface area contributed by atoms with Gasteiger partial charge in [0.2, 0.25) is 5.91 Å². The highest BCUT2D eigenvalue weighted by Crippen LogP contribution is 2.28. The summed E-state index contributed by atoms with van der Waals surface area (Å²) in [5.74, 6) is -0.0137. The van der Waals surface area contributed by atoms with Crippen LogP contribution in [0.3, 0.4) is 0 Å². The summed E-state index contributed by atoms with van der Waals surface area (Å²) in [6, 6.07) is 12.0. The van der Waals surface area contributed by atoms with Crippen LogP contribution in [0.25, 0.3) is 16.3 Å². The lowest BCUT2D eigenvalue weighted by atomic mass is 10.3. The molecule has 0 fully saturated rings. The van der Waals surface area contributed by atoms with Crippen LogP contribution in [0.4, 0.5) is 0 Å². The lowest BCUT2D eigenvalue weighted by Gasteiger charge is -2.21. The minimum Gasteiger partial charge on any atom is -0.333 e. The summed E-state index contributed by atoms with van der Waals surface area (Å²) in [5, 5.41) is 2.96. The molecule has 0 N–H and O–H groups in total. The fourth-order valence-electron chi connectivity index (χ4n) is 2.08. The van der Waals surface area contributed by atoms with Crippen LogP contribution in [0.2, 0.25) is 0 Å². The van der Waals surface area contributed by atoms with E-state index in [1.165, 1.54) is 0 Å². The molecule has 1 amide bonds. The topological polar surface area (TPSA) is 33.2 Å². The van der Waals surface area contributed by atoms with E-state index >= 15 is 0 Å². The average Bonchev–Trinajstić information content (AvgIpc) is 3.19. The minimum absolute atomic E-state index is 0.0137. The third kappa shape index (κ3) is 3.10. The lowest BCUT2D eigenvalue weighted by molar-refractivity contribution is -0.126. The molecule has 0 aliphatic carbocycles. The molecule has 0 aliphatic rings. The summed E-state index contributed by atoms with van der Waals surface area (Å²) in [6.07, 6.45) is 3.48. The third-order valence-corrected chi connectivity index (χ3v) is 5.57. The van der Waals surface area contributed by atoms with Crippen LogP contribution in [0.15, 0.2) is 47.9 Å². The largest absolute Gasteiger partial charge is 0.333 e. The minimum atomic E-state index is -0.0436. The molecule has 0 aliphatic heterocycles. The SMILES string of the molecule is CC(c1nc2ccccc2s1)N(C)C(=O)C=Cc1cccs1. The number of thiazole rings is 1. The molecule has 5 heteroatoms. The number of rotatable bonds is 4. The van der Waals surface area contributed by atoms with Crippen molar-refractivity contribution < 1.29 is 4.79 Å². The van der Waals surface area contributed by atoms with E-state index in [2.05, 4.69) is 11.1 Å². The second kappa shape index (κ2) is 6.42. The molecular formula is C17H16N2OS2. The summed E-state index contributed by atoms with van der Waals surface area (Å²) in [6.45, 7) is 2.01. The van der Waals surface area contributed by atoms with Gasteiger partial charge in [0, 0.05) is 18.0 Å². The molecule has 1 unspecified atom stereocenters. The van der Waals surface area contributed by atoms with E-state index < -0.39 is 0 Å². The number of amides is 1. The van der Waals surface area contributed by atoms with E-state index in [4.69, 9.17) is 0 Å². The van der Waals surface area contributed by atoms with Crippen LogP contribution >= 0.6 is 22.7 Å². The van der Waals surface area contributed by atoms with E-state index in [1.54, 1.807) is 33.6 Å². The summed E-state index contributed by atoms with van der Waals surface area (Å²) in [5.41, 5.74) is 0.990. The van der Waals surface area contributed by atoms with E-state index in [9.17, 15) is 4.79 Å². The first kappa shape index (κ1) is 14.9. The van der Waals surface area contributed by atoms with Gasteiger partial charge in [0.25, 0.3) is 0 Å². The number of hydrogen-bond acceptors (Lipinski definition) is 4. The van der Waals surface area contributed by atoms with Crippen LogP contribution < -0.4 is 0 Å². The maximum Gasteiger partial charge on any atom is 0.246 e. The molecule has 1 atom stereocenters. The normalized spacial score (nSPS) is 12.8. The summed E-state index contributed by atoms with van der Waals surface area (Å²) in [4.78, 5) is 19.7. The Balaban J connectivity index is 1.75. The van der Waals surface area contributed by atoms with Crippen molar-refractivity contribution in [3.63, 3.8) is 0 Å². The number of fused-ring (bicyclic) bond motifs is 1. The highest BCUT2D eigenvalue weighted by Gasteiger charge is 2.19. The van der Waals surface area contributed by atoms with Crippen molar-refractivity contribution in [3.8, 4) is 0 Å². The number of hydrogen-bond donors (Lipinski definition) is 0. The number of aromatic nitrogens is 1. The molecule has 0 saturated heterocycles. The van der Waals surface area contributed by atoms with Crippen molar-refractivity contribution >= 4 is 44.9 Å².